The van der Waals surface area contributed by atoms with E-state index in [0.29, 0.717) is 17.0 Å². The first-order chi connectivity index (χ1) is 10.9. The molecule has 0 radical (unpaired) electrons. The van der Waals surface area contributed by atoms with Gasteiger partial charge in [-0.15, -0.1) is 0 Å². The lowest BCUT2D eigenvalue weighted by molar-refractivity contribution is -0.176. The highest BCUT2D eigenvalue weighted by molar-refractivity contribution is 7.13. The Morgan fingerprint density at radius 2 is 2.17 bits per heavy atom. The number of hydrogen-bond donors (Lipinski definition) is 2. The van der Waals surface area contributed by atoms with Crippen LogP contribution in [0.1, 0.15) is 23.1 Å². The summed E-state index contributed by atoms with van der Waals surface area (Å²) in [6, 6.07) is 1.92. The number of carbonyl (C=O) groups is 3. The van der Waals surface area contributed by atoms with Gasteiger partial charge >= 0.3 is 6.09 Å². The van der Waals surface area contributed by atoms with E-state index < -0.39 is 17.9 Å². The van der Waals surface area contributed by atoms with Crippen molar-refractivity contribution in [1.82, 2.24) is 10.0 Å². The number of hydroxylamine groups is 2. The summed E-state index contributed by atoms with van der Waals surface area (Å²) < 4.78 is 4.74. The number of nitrogens with zero attached hydrogens (tertiary/aromatic N) is 2. The third-order valence-electron chi connectivity index (χ3n) is 2.74. The second-order valence-corrected chi connectivity index (χ2v) is 6.31. The lowest BCUT2D eigenvalue weighted by atomic mass is 10.1. The third kappa shape index (κ3) is 4.58. The number of amides is 3. The standard InChI is InChI=1S/C13H13N3O5S2/c1-7(17)16(20)11(18)5-9-10(4-8-2-3-22-6-8)23-13(15-9)21-12(14)19/h2-3,6,20H,4-5H2,1H3,(H2,14,19). The Labute approximate surface area is 139 Å². The molecule has 0 unspecified atom stereocenters. The van der Waals surface area contributed by atoms with Crippen LogP contribution in [0.25, 0.3) is 0 Å². The summed E-state index contributed by atoms with van der Waals surface area (Å²) in [7, 11) is 0. The number of hydrogen-bond acceptors (Lipinski definition) is 8. The third-order valence-corrected chi connectivity index (χ3v) is 4.45. The van der Waals surface area contributed by atoms with Crippen LogP contribution in [-0.4, -0.2) is 33.2 Å². The molecule has 0 bridgehead atoms. The van der Waals surface area contributed by atoms with Crippen molar-refractivity contribution < 1.29 is 24.3 Å². The molecule has 0 aliphatic rings. The van der Waals surface area contributed by atoms with Gasteiger partial charge in [0.15, 0.2) is 0 Å². The first-order valence-electron chi connectivity index (χ1n) is 6.36. The minimum Gasteiger partial charge on any atom is -0.381 e. The minimum absolute atomic E-state index is 0.0119. The summed E-state index contributed by atoms with van der Waals surface area (Å²) >= 11 is 2.61. The highest BCUT2D eigenvalue weighted by Crippen LogP contribution is 2.28. The first-order valence-corrected chi connectivity index (χ1v) is 8.12. The maximum Gasteiger partial charge on any atom is 0.411 e. The quantitative estimate of drug-likeness (QED) is 0.620. The van der Waals surface area contributed by atoms with E-state index in [1.54, 1.807) is 0 Å². The maximum atomic E-state index is 11.8. The molecule has 0 spiro atoms. The fourth-order valence-corrected chi connectivity index (χ4v) is 3.37. The highest BCUT2D eigenvalue weighted by Gasteiger charge is 2.21. The molecule has 3 amide bonds. The van der Waals surface area contributed by atoms with Gasteiger partial charge in [-0.05, 0) is 22.4 Å². The van der Waals surface area contributed by atoms with Gasteiger partial charge in [0.1, 0.15) is 0 Å². The largest absolute Gasteiger partial charge is 0.411 e. The number of thiophene rings is 1. The van der Waals surface area contributed by atoms with Crippen LogP contribution in [0.15, 0.2) is 16.8 Å². The molecule has 2 aromatic heterocycles. The molecular formula is C13H13N3O5S2. The second-order valence-electron chi connectivity index (χ2n) is 4.48. The normalized spacial score (nSPS) is 10.3. The predicted octanol–water partition coefficient (Wildman–Crippen LogP) is 1.56. The average Bonchev–Trinajstić information content (AvgIpc) is 3.08. The Hall–Kier alpha value is -2.30. The van der Waals surface area contributed by atoms with E-state index in [0.717, 1.165) is 23.8 Å². The first kappa shape index (κ1) is 17.1. The number of ether oxygens (including phenoxy) is 1. The Balaban J connectivity index is 2.24. The van der Waals surface area contributed by atoms with E-state index in [-0.39, 0.29) is 16.7 Å². The van der Waals surface area contributed by atoms with E-state index in [9.17, 15) is 19.6 Å². The van der Waals surface area contributed by atoms with Gasteiger partial charge in [0.05, 0.1) is 12.1 Å². The maximum absolute atomic E-state index is 11.8. The lowest BCUT2D eigenvalue weighted by Crippen LogP contribution is -2.33. The highest BCUT2D eigenvalue weighted by atomic mass is 32.1. The molecule has 23 heavy (non-hydrogen) atoms. The van der Waals surface area contributed by atoms with Gasteiger partial charge in [-0.1, -0.05) is 11.3 Å². The molecule has 10 heteroatoms. The van der Waals surface area contributed by atoms with Gasteiger partial charge in [0.2, 0.25) is 5.91 Å². The van der Waals surface area contributed by atoms with Gasteiger partial charge < -0.3 is 10.5 Å². The fourth-order valence-electron chi connectivity index (χ4n) is 1.74. The lowest BCUT2D eigenvalue weighted by Gasteiger charge is -2.09. The smallest absolute Gasteiger partial charge is 0.381 e. The summed E-state index contributed by atoms with van der Waals surface area (Å²) in [5.41, 5.74) is 6.28. The monoisotopic (exact) mass is 355 g/mol. The molecule has 3 N–H and O–H groups in total. The topological polar surface area (TPSA) is 123 Å². The molecule has 2 rings (SSSR count). The van der Waals surface area contributed by atoms with E-state index >= 15 is 0 Å². The van der Waals surface area contributed by atoms with Crippen molar-refractivity contribution in [2.75, 3.05) is 0 Å². The zero-order valence-corrected chi connectivity index (χ0v) is 13.6. The molecule has 0 atom stereocenters. The van der Waals surface area contributed by atoms with Gasteiger partial charge in [-0.25, -0.2) is 9.78 Å². The predicted molar refractivity (Wildman–Crippen MR) is 82.5 cm³/mol. The van der Waals surface area contributed by atoms with Crippen LogP contribution in [0, 0.1) is 0 Å². The number of aromatic nitrogens is 1. The van der Waals surface area contributed by atoms with Crippen LogP contribution in [0.4, 0.5) is 4.79 Å². The summed E-state index contributed by atoms with van der Waals surface area (Å²) in [5.74, 6) is -1.61. The molecule has 0 aliphatic heterocycles. The van der Waals surface area contributed by atoms with Crippen molar-refractivity contribution in [3.05, 3.63) is 33.0 Å². The van der Waals surface area contributed by atoms with Gasteiger partial charge in [0.25, 0.3) is 11.1 Å². The SMILES string of the molecule is CC(=O)N(O)C(=O)Cc1nc(OC(N)=O)sc1Cc1ccsc1. The van der Waals surface area contributed by atoms with E-state index in [1.807, 2.05) is 16.8 Å². The van der Waals surface area contributed by atoms with Crippen molar-refractivity contribution in [2.45, 2.75) is 19.8 Å². The van der Waals surface area contributed by atoms with Crippen LogP contribution in [0.2, 0.25) is 0 Å². The van der Waals surface area contributed by atoms with Crippen molar-refractivity contribution in [2.24, 2.45) is 5.73 Å². The number of primary amides is 1. The van der Waals surface area contributed by atoms with Gasteiger partial charge in [0, 0.05) is 18.2 Å². The van der Waals surface area contributed by atoms with Crippen molar-refractivity contribution in [3.8, 4) is 5.19 Å². The molecule has 0 fully saturated rings. The summed E-state index contributed by atoms with van der Waals surface area (Å²) in [5, 5.41) is 13.3. The molecule has 2 heterocycles. The van der Waals surface area contributed by atoms with E-state index in [1.165, 1.54) is 11.3 Å². The zero-order valence-electron chi connectivity index (χ0n) is 12.0. The Morgan fingerprint density at radius 1 is 1.43 bits per heavy atom. The summed E-state index contributed by atoms with van der Waals surface area (Å²) in [6.07, 6.45) is -0.822. The van der Waals surface area contributed by atoms with Crippen molar-refractivity contribution in [1.29, 1.82) is 0 Å². The minimum atomic E-state index is -1.01. The molecule has 0 saturated heterocycles. The molecule has 122 valence electrons. The summed E-state index contributed by atoms with van der Waals surface area (Å²) in [6.45, 7) is 1.06. The molecule has 8 nitrogen and oxygen atoms in total. The molecule has 2 aromatic rings. The van der Waals surface area contributed by atoms with Crippen LogP contribution in [0.3, 0.4) is 0 Å². The van der Waals surface area contributed by atoms with Crippen LogP contribution >= 0.6 is 22.7 Å². The zero-order chi connectivity index (χ0) is 17.0. The van der Waals surface area contributed by atoms with E-state index in [2.05, 4.69) is 4.98 Å². The average molecular weight is 355 g/mol. The number of imide groups is 1. The Bertz CT molecular complexity index is 726. The van der Waals surface area contributed by atoms with Crippen LogP contribution in [0.5, 0.6) is 5.19 Å². The van der Waals surface area contributed by atoms with Crippen LogP contribution < -0.4 is 10.5 Å². The summed E-state index contributed by atoms with van der Waals surface area (Å²) in [4.78, 5) is 38.4. The fraction of sp³-hybridized carbons (Fsp3) is 0.231. The molecule has 0 saturated carbocycles. The van der Waals surface area contributed by atoms with Crippen molar-refractivity contribution >= 4 is 40.6 Å². The van der Waals surface area contributed by atoms with Crippen LogP contribution in [-0.2, 0) is 22.4 Å². The molecular weight excluding hydrogens is 342 g/mol. The number of nitrogens with two attached hydrogens (primary N) is 1. The Morgan fingerprint density at radius 3 is 2.74 bits per heavy atom. The van der Waals surface area contributed by atoms with Gasteiger partial charge in [-0.2, -0.15) is 16.4 Å². The second kappa shape index (κ2) is 7.31. The number of carbonyl (C=O) groups excluding carboxylic acids is 3. The molecule has 0 aromatic carbocycles. The van der Waals surface area contributed by atoms with Crippen molar-refractivity contribution in [3.63, 3.8) is 0 Å². The Kier molecular flexibility index (Phi) is 5.42. The molecule has 0 aliphatic carbocycles. The van der Waals surface area contributed by atoms with Gasteiger partial charge in [-0.3, -0.25) is 14.8 Å². The van der Waals surface area contributed by atoms with E-state index in [4.69, 9.17) is 10.5 Å². The number of thiazole rings is 1. The number of rotatable bonds is 5.